The Labute approximate surface area is 142 Å². The average Bonchev–Trinajstić information content (AvgIpc) is 2.56. The molecule has 1 saturated heterocycles. The maximum absolute atomic E-state index is 5.86. The molecule has 2 aromatic heterocycles. The van der Waals surface area contributed by atoms with Gasteiger partial charge < -0.3 is 4.90 Å². The lowest BCUT2D eigenvalue weighted by Crippen LogP contribution is -2.46. The lowest BCUT2D eigenvalue weighted by Gasteiger charge is -2.38. The van der Waals surface area contributed by atoms with Gasteiger partial charge in [-0.25, -0.2) is 15.0 Å². The molecule has 0 amide bonds. The molecule has 1 fully saturated rings. The minimum absolute atomic E-state index is 0.471. The van der Waals surface area contributed by atoms with Crippen molar-refractivity contribution in [3.8, 4) is 0 Å². The Bertz CT molecular complexity index is 646. The maximum Gasteiger partial charge on any atom is 0.132 e. The first-order chi connectivity index (χ1) is 11.1. The van der Waals surface area contributed by atoms with E-state index in [2.05, 4.69) is 37.9 Å². The van der Waals surface area contributed by atoms with E-state index < -0.39 is 0 Å². The van der Waals surface area contributed by atoms with Crippen LogP contribution in [0.15, 0.2) is 30.7 Å². The molecular formula is C17H22ClN5. The van der Waals surface area contributed by atoms with Crippen molar-refractivity contribution in [2.24, 2.45) is 0 Å². The predicted molar refractivity (Wildman–Crippen MR) is 92.7 cm³/mol. The lowest BCUT2D eigenvalue weighted by molar-refractivity contribution is 0.198. The number of halogens is 1. The number of likely N-dealkylation sites (tertiary alicyclic amines) is 1. The number of anilines is 1. The number of pyridine rings is 1. The third kappa shape index (κ3) is 4.18. The van der Waals surface area contributed by atoms with Gasteiger partial charge in [-0.2, -0.15) is 0 Å². The van der Waals surface area contributed by atoms with Crippen LogP contribution in [0.5, 0.6) is 0 Å². The molecule has 0 bridgehead atoms. The Kier molecular flexibility index (Phi) is 5.08. The number of nitrogens with zero attached hydrogens (tertiary/aromatic N) is 5. The van der Waals surface area contributed by atoms with Gasteiger partial charge in [-0.1, -0.05) is 17.7 Å². The van der Waals surface area contributed by atoms with Crippen LogP contribution in [0.25, 0.3) is 0 Å². The fourth-order valence-corrected chi connectivity index (χ4v) is 3.18. The Balaban J connectivity index is 1.64. The smallest absolute Gasteiger partial charge is 0.132 e. The molecule has 0 aromatic carbocycles. The van der Waals surface area contributed by atoms with E-state index in [0.29, 0.717) is 11.2 Å². The number of rotatable bonds is 4. The second-order valence-electron chi connectivity index (χ2n) is 6.15. The molecule has 0 saturated carbocycles. The fourth-order valence-electron chi connectivity index (χ4n) is 3.07. The Morgan fingerprint density at radius 1 is 1.30 bits per heavy atom. The summed E-state index contributed by atoms with van der Waals surface area (Å²) in [6, 6.07) is 6.42. The first-order valence-electron chi connectivity index (χ1n) is 7.96. The van der Waals surface area contributed by atoms with Crippen molar-refractivity contribution in [3.05, 3.63) is 47.1 Å². The highest BCUT2D eigenvalue weighted by Gasteiger charge is 2.24. The molecule has 6 heteroatoms. The molecule has 1 unspecified atom stereocenters. The van der Waals surface area contributed by atoms with Gasteiger partial charge in [0.05, 0.1) is 0 Å². The molecule has 0 aliphatic carbocycles. The number of aryl methyl sites for hydroxylation is 1. The summed E-state index contributed by atoms with van der Waals surface area (Å²) in [7, 11) is 2.12. The van der Waals surface area contributed by atoms with Gasteiger partial charge in [0.25, 0.3) is 0 Å². The van der Waals surface area contributed by atoms with Gasteiger partial charge in [0.2, 0.25) is 0 Å². The zero-order valence-corrected chi connectivity index (χ0v) is 14.4. The normalized spacial score (nSPS) is 18.8. The zero-order valence-electron chi connectivity index (χ0n) is 13.6. The summed E-state index contributed by atoms with van der Waals surface area (Å²) < 4.78 is 0. The van der Waals surface area contributed by atoms with Crippen molar-refractivity contribution >= 4 is 17.4 Å². The van der Waals surface area contributed by atoms with Gasteiger partial charge in [0, 0.05) is 44.1 Å². The van der Waals surface area contributed by atoms with Crippen molar-refractivity contribution in [1.29, 1.82) is 0 Å². The highest BCUT2D eigenvalue weighted by molar-refractivity contribution is 6.29. The van der Waals surface area contributed by atoms with Crippen LogP contribution >= 0.6 is 11.6 Å². The summed E-state index contributed by atoms with van der Waals surface area (Å²) in [6.45, 7) is 5.06. The number of hydrogen-bond acceptors (Lipinski definition) is 5. The summed E-state index contributed by atoms with van der Waals surface area (Å²) >= 11 is 5.86. The Morgan fingerprint density at radius 3 is 2.91 bits per heavy atom. The molecular weight excluding hydrogens is 310 g/mol. The van der Waals surface area contributed by atoms with Gasteiger partial charge in [-0.05, 0) is 37.9 Å². The first kappa shape index (κ1) is 16.1. The van der Waals surface area contributed by atoms with Crippen LogP contribution in [-0.4, -0.2) is 46.0 Å². The van der Waals surface area contributed by atoms with E-state index in [9.17, 15) is 0 Å². The van der Waals surface area contributed by atoms with Crippen molar-refractivity contribution in [2.45, 2.75) is 32.4 Å². The van der Waals surface area contributed by atoms with E-state index in [0.717, 1.165) is 31.1 Å². The van der Waals surface area contributed by atoms with E-state index in [1.54, 1.807) is 6.33 Å². The number of aromatic nitrogens is 3. The minimum Gasteiger partial charge on any atom is -0.355 e. The first-order valence-corrected chi connectivity index (χ1v) is 8.34. The van der Waals surface area contributed by atoms with Crippen LogP contribution in [0.2, 0.25) is 5.15 Å². The quantitative estimate of drug-likeness (QED) is 0.806. The molecule has 2 aromatic rings. The molecule has 1 aliphatic rings. The van der Waals surface area contributed by atoms with Crippen LogP contribution < -0.4 is 4.90 Å². The van der Waals surface area contributed by atoms with Gasteiger partial charge >= 0.3 is 0 Å². The van der Waals surface area contributed by atoms with Crippen molar-refractivity contribution in [3.63, 3.8) is 0 Å². The number of likely N-dealkylation sites (N-methyl/N-ethyl adjacent to an activating group) is 1. The minimum atomic E-state index is 0.471. The molecule has 1 aliphatic heterocycles. The van der Waals surface area contributed by atoms with E-state index in [4.69, 9.17) is 11.6 Å². The van der Waals surface area contributed by atoms with Gasteiger partial charge in [0.15, 0.2) is 0 Å². The third-order valence-corrected chi connectivity index (χ3v) is 4.60. The summed E-state index contributed by atoms with van der Waals surface area (Å²) in [5.74, 6) is 0.998. The molecule has 3 rings (SSSR count). The molecule has 5 nitrogen and oxygen atoms in total. The second-order valence-corrected chi connectivity index (χ2v) is 6.54. The van der Waals surface area contributed by atoms with Crippen LogP contribution in [0.3, 0.4) is 0 Å². The van der Waals surface area contributed by atoms with E-state index in [1.165, 1.54) is 18.4 Å². The zero-order chi connectivity index (χ0) is 16.2. The van der Waals surface area contributed by atoms with Crippen molar-refractivity contribution in [2.75, 3.05) is 25.0 Å². The lowest BCUT2D eigenvalue weighted by atomic mass is 10.0. The molecule has 3 heterocycles. The van der Waals surface area contributed by atoms with Crippen molar-refractivity contribution < 1.29 is 0 Å². The maximum atomic E-state index is 5.86. The SMILES string of the molecule is Cc1cc(N(C)C2CCCN(Cc3ccc(Cl)nc3)C2)ncn1. The summed E-state index contributed by atoms with van der Waals surface area (Å²) in [5, 5.41) is 0.545. The summed E-state index contributed by atoms with van der Waals surface area (Å²) in [4.78, 5) is 17.5. The number of piperidine rings is 1. The Morgan fingerprint density at radius 2 is 2.17 bits per heavy atom. The standard InChI is InChI=1S/C17H22ClN5/c1-13-8-17(21-12-20-13)22(2)15-4-3-7-23(11-15)10-14-5-6-16(18)19-9-14/h5-6,8-9,12,15H,3-4,7,10-11H2,1-2H3. The molecule has 1 atom stereocenters. The monoisotopic (exact) mass is 331 g/mol. The van der Waals surface area contributed by atoms with Crippen LogP contribution in [0.4, 0.5) is 5.82 Å². The average molecular weight is 332 g/mol. The summed E-state index contributed by atoms with van der Waals surface area (Å²) in [6.07, 6.45) is 5.89. The highest BCUT2D eigenvalue weighted by atomic mass is 35.5. The summed E-state index contributed by atoms with van der Waals surface area (Å²) in [5.41, 5.74) is 2.21. The highest BCUT2D eigenvalue weighted by Crippen LogP contribution is 2.21. The molecule has 23 heavy (non-hydrogen) atoms. The van der Waals surface area contributed by atoms with Crippen LogP contribution in [0.1, 0.15) is 24.1 Å². The molecule has 0 N–H and O–H groups in total. The van der Waals surface area contributed by atoms with Gasteiger partial charge in [0.1, 0.15) is 17.3 Å². The van der Waals surface area contributed by atoms with Crippen LogP contribution in [-0.2, 0) is 6.54 Å². The predicted octanol–water partition coefficient (Wildman–Crippen LogP) is 2.93. The second kappa shape index (κ2) is 7.23. The fraction of sp³-hybridized carbons (Fsp3) is 0.471. The molecule has 122 valence electrons. The van der Waals surface area contributed by atoms with Gasteiger partial charge in [-0.3, -0.25) is 4.90 Å². The van der Waals surface area contributed by atoms with E-state index in [1.807, 2.05) is 25.3 Å². The number of hydrogen-bond donors (Lipinski definition) is 0. The largest absolute Gasteiger partial charge is 0.355 e. The van der Waals surface area contributed by atoms with Crippen LogP contribution in [0, 0.1) is 6.92 Å². The van der Waals surface area contributed by atoms with E-state index >= 15 is 0 Å². The van der Waals surface area contributed by atoms with Gasteiger partial charge in [-0.15, -0.1) is 0 Å². The topological polar surface area (TPSA) is 45.2 Å². The van der Waals surface area contributed by atoms with Crippen molar-refractivity contribution in [1.82, 2.24) is 19.9 Å². The third-order valence-electron chi connectivity index (χ3n) is 4.37. The van der Waals surface area contributed by atoms with E-state index in [-0.39, 0.29) is 0 Å². The molecule has 0 spiro atoms. The Hall–Kier alpha value is -1.72. The molecule has 0 radical (unpaired) electrons.